The third-order valence-electron chi connectivity index (χ3n) is 3.58. The Bertz CT molecular complexity index is 501. The molecule has 0 saturated heterocycles. The van der Waals surface area contributed by atoms with Gasteiger partial charge >= 0.3 is 0 Å². The van der Waals surface area contributed by atoms with Crippen LogP contribution in [-0.4, -0.2) is 14.0 Å². The van der Waals surface area contributed by atoms with Gasteiger partial charge in [0.2, 0.25) is 10.0 Å². The normalized spacial score (nSPS) is 18.5. The Morgan fingerprint density at radius 3 is 2.47 bits per heavy atom. The minimum Gasteiger partial charge on any atom is -0.379 e. The number of sulfonamides is 1. The molecule has 1 fully saturated rings. The van der Waals surface area contributed by atoms with Crippen molar-refractivity contribution < 1.29 is 8.42 Å². The second-order valence-electron chi connectivity index (χ2n) is 4.65. The molecule has 0 heterocycles. The molecule has 3 N–H and O–H groups in total. The van der Waals surface area contributed by atoms with Gasteiger partial charge in [-0.3, -0.25) is 0 Å². The summed E-state index contributed by atoms with van der Waals surface area (Å²) >= 11 is 0. The Balaban J connectivity index is 2.33. The predicted molar refractivity (Wildman–Crippen MR) is 68.3 cm³/mol. The number of anilines is 1. The van der Waals surface area contributed by atoms with Crippen LogP contribution in [0.3, 0.4) is 0 Å². The second kappa shape index (κ2) is 4.31. The molecule has 0 unspecified atom stereocenters. The van der Waals surface area contributed by atoms with E-state index in [1.165, 1.54) is 6.42 Å². The van der Waals surface area contributed by atoms with Crippen LogP contribution in [0.5, 0.6) is 0 Å². The highest BCUT2D eigenvalue weighted by Gasteiger charge is 2.35. The topological polar surface area (TPSA) is 72.2 Å². The largest absolute Gasteiger partial charge is 0.379 e. The van der Waals surface area contributed by atoms with E-state index in [0.29, 0.717) is 5.69 Å². The third-order valence-corrected chi connectivity index (χ3v) is 4.55. The highest BCUT2D eigenvalue weighted by molar-refractivity contribution is 7.89. The predicted octanol–water partition coefficient (Wildman–Crippen LogP) is 2.08. The van der Waals surface area contributed by atoms with Gasteiger partial charge in [-0.25, -0.2) is 13.6 Å². The van der Waals surface area contributed by atoms with Gasteiger partial charge in [0.05, 0.1) is 5.69 Å². The van der Waals surface area contributed by atoms with Gasteiger partial charge in [-0.1, -0.05) is 19.1 Å². The van der Waals surface area contributed by atoms with Crippen LogP contribution >= 0.6 is 0 Å². The van der Waals surface area contributed by atoms with Crippen LogP contribution in [0.25, 0.3) is 0 Å². The van der Waals surface area contributed by atoms with Gasteiger partial charge in [-0.15, -0.1) is 0 Å². The Morgan fingerprint density at radius 1 is 1.35 bits per heavy atom. The molecule has 1 aliphatic carbocycles. The number of nitrogens with one attached hydrogen (secondary N) is 1. The van der Waals surface area contributed by atoms with E-state index < -0.39 is 10.0 Å². The van der Waals surface area contributed by atoms with Gasteiger partial charge in [-0.2, -0.15) is 0 Å². The van der Waals surface area contributed by atoms with Crippen LogP contribution in [-0.2, 0) is 10.0 Å². The van der Waals surface area contributed by atoms with E-state index in [9.17, 15) is 8.42 Å². The van der Waals surface area contributed by atoms with Crippen LogP contribution in [0.1, 0.15) is 32.6 Å². The number of primary sulfonamides is 1. The Morgan fingerprint density at radius 2 is 2.00 bits per heavy atom. The first-order valence-electron chi connectivity index (χ1n) is 5.87. The summed E-state index contributed by atoms with van der Waals surface area (Å²) in [7, 11) is -3.66. The van der Waals surface area contributed by atoms with Crippen LogP contribution in [0.4, 0.5) is 5.69 Å². The number of benzene rings is 1. The van der Waals surface area contributed by atoms with Crippen LogP contribution < -0.4 is 10.5 Å². The first-order chi connectivity index (χ1) is 7.97. The minimum atomic E-state index is -3.66. The molecule has 5 heteroatoms. The molecule has 17 heavy (non-hydrogen) atoms. The molecular weight excluding hydrogens is 236 g/mol. The number of nitrogens with two attached hydrogens (primary N) is 1. The Hall–Kier alpha value is -1.07. The summed E-state index contributed by atoms with van der Waals surface area (Å²) in [5, 5.41) is 8.57. The lowest BCUT2D eigenvalue weighted by molar-refractivity contribution is 0.269. The van der Waals surface area contributed by atoms with Crippen molar-refractivity contribution in [3.8, 4) is 0 Å². The molecule has 1 aliphatic rings. The molecule has 0 radical (unpaired) electrons. The van der Waals surface area contributed by atoms with Crippen LogP contribution in [0.2, 0.25) is 0 Å². The van der Waals surface area contributed by atoms with Crippen molar-refractivity contribution >= 4 is 15.7 Å². The SMILES string of the molecule is CCC1(Nc2ccccc2S(N)(=O)=O)CCC1. The maximum atomic E-state index is 11.5. The van der Waals surface area contributed by atoms with Gasteiger partial charge in [0.25, 0.3) is 0 Å². The van der Waals surface area contributed by atoms with E-state index >= 15 is 0 Å². The Labute approximate surface area is 102 Å². The van der Waals surface area contributed by atoms with Crippen molar-refractivity contribution in [3.63, 3.8) is 0 Å². The number of hydrogen-bond acceptors (Lipinski definition) is 3. The molecule has 2 rings (SSSR count). The first-order valence-corrected chi connectivity index (χ1v) is 7.41. The summed E-state index contributed by atoms with van der Waals surface area (Å²) < 4.78 is 22.9. The number of hydrogen-bond donors (Lipinski definition) is 2. The van der Waals surface area contributed by atoms with Gasteiger partial charge in [0, 0.05) is 5.54 Å². The maximum absolute atomic E-state index is 11.5. The lowest BCUT2D eigenvalue weighted by Crippen LogP contribution is -2.44. The standard InChI is InChI=1S/C12H18N2O2S/c1-2-12(8-5-9-12)14-10-6-3-4-7-11(10)17(13,15)16/h3-4,6-7,14H,2,5,8-9H2,1H3,(H2,13,15,16). The van der Waals surface area contributed by atoms with E-state index in [1.54, 1.807) is 18.2 Å². The molecule has 0 amide bonds. The van der Waals surface area contributed by atoms with E-state index in [1.807, 2.05) is 6.07 Å². The van der Waals surface area contributed by atoms with Gasteiger partial charge < -0.3 is 5.32 Å². The average molecular weight is 254 g/mol. The summed E-state index contributed by atoms with van der Waals surface area (Å²) in [4.78, 5) is 0.180. The van der Waals surface area contributed by atoms with Crippen molar-refractivity contribution in [2.75, 3.05) is 5.32 Å². The van der Waals surface area contributed by atoms with Gasteiger partial charge in [0.1, 0.15) is 4.90 Å². The fraction of sp³-hybridized carbons (Fsp3) is 0.500. The summed E-state index contributed by atoms with van der Waals surface area (Å²) in [5.41, 5.74) is 0.678. The van der Waals surface area contributed by atoms with E-state index in [0.717, 1.165) is 19.3 Å². The van der Waals surface area contributed by atoms with E-state index in [-0.39, 0.29) is 10.4 Å². The molecular formula is C12H18N2O2S. The Kier molecular flexibility index (Phi) is 3.14. The van der Waals surface area contributed by atoms with Gasteiger partial charge in [-0.05, 0) is 37.8 Å². The summed E-state index contributed by atoms with van der Waals surface area (Å²) in [6.45, 7) is 2.12. The van der Waals surface area contributed by atoms with Crippen molar-refractivity contribution in [1.29, 1.82) is 0 Å². The van der Waals surface area contributed by atoms with Crippen molar-refractivity contribution in [1.82, 2.24) is 0 Å². The molecule has 94 valence electrons. The van der Waals surface area contributed by atoms with E-state index in [2.05, 4.69) is 12.2 Å². The zero-order valence-electron chi connectivity index (χ0n) is 9.94. The van der Waals surface area contributed by atoms with Crippen LogP contribution in [0, 0.1) is 0 Å². The zero-order valence-corrected chi connectivity index (χ0v) is 10.8. The molecule has 0 bridgehead atoms. The molecule has 0 aromatic heterocycles. The quantitative estimate of drug-likeness (QED) is 0.864. The van der Waals surface area contributed by atoms with Crippen LogP contribution in [0.15, 0.2) is 29.2 Å². The minimum absolute atomic E-state index is 0.0563. The summed E-state index contributed by atoms with van der Waals surface area (Å²) in [6.07, 6.45) is 4.36. The first kappa shape index (κ1) is 12.4. The zero-order chi connectivity index (χ0) is 12.5. The molecule has 1 saturated carbocycles. The molecule has 0 aliphatic heterocycles. The number of rotatable bonds is 4. The lowest BCUT2D eigenvalue weighted by atomic mass is 9.74. The number of para-hydroxylation sites is 1. The van der Waals surface area contributed by atoms with Crippen molar-refractivity contribution in [3.05, 3.63) is 24.3 Å². The smallest absolute Gasteiger partial charge is 0.240 e. The highest BCUT2D eigenvalue weighted by Crippen LogP contribution is 2.39. The van der Waals surface area contributed by atoms with E-state index in [4.69, 9.17) is 5.14 Å². The third kappa shape index (κ3) is 2.45. The average Bonchev–Trinajstić information content (AvgIpc) is 2.23. The molecule has 0 atom stereocenters. The fourth-order valence-corrected chi connectivity index (χ4v) is 2.97. The monoisotopic (exact) mass is 254 g/mol. The fourth-order valence-electron chi connectivity index (χ4n) is 2.27. The van der Waals surface area contributed by atoms with Crippen molar-refractivity contribution in [2.24, 2.45) is 5.14 Å². The van der Waals surface area contributed by atoms with Gasteiger partial charge in [0.15, 0.2) is 0 Å². The summed E-state index contributed by atoms with van der Waals surface area (Å²) in [6, 6.07) is 6.82. The maximum Gasteiger partial charge on any atom is 0.240 e. The van der Waals surface area contributed by atoms with Crippen molar-refractivity contribution in [2.45, 2.75) is 43.0 Å². The molecule has 0 spiro atoms. The molecule has 1 aromatic carbocycles. The summed E-state index contributed by atoms with van der Waals surface area (Å²) in [5.74, 6) is 0. The highest BCUT2D eigenvalue weighted by atomic mass is 32.2. The second-order valence-corrected chi connectivity index (χ2v) is 6.18. The molecule has 4 nitrogen and oxygen atoms in total. The molecule has 1 aromatic rings. The lowest BCUT2D eigenvalue weighted by Gasteiger charge is -2.43.